The topological polar surface area (TPSA) is 64.7 Å². The molecule has 0 aliphatic rings. The molecule has 0 atom stereocenters. The summed E-state index contributed by atoms with van der Waals surface area (Å²) in [4.78, 5) is 12.3. The van der Waals surface area contributed by atoms with E-state index < -0.39 is 0 Å². The third-order valence-electron chi connectivity index (χ3n) is 4.62. The molecule has 6 nitrogen and oxygen atoms in total. The van der Waals surface area contributed by atoms with Crippen molar-refractivity contribution in [1.82, 2.24) is 19.6 Å². The highest BCUT2D eigenvalue weighted by Crippen LogP contribution is 2.24. The highest BCUT2D eigenvalue weighted by molar-refractivity contribution is 6.02. The van der Waals surface area contributed by atoms with E-state index in [4.69, 9.17) is 0 Å². The quantitative estimate of drug-likeness (QED) is 0.494. The summed E-state index contributed by atoms with van der Waals surface area (Å²) in [5, 5.41) is 11.3. The van der Waals surface area contributed by atoms with Crippen LogP contribution in [0.4, 0.5) is 10.1 Å². The van der Waals surface area contributed by atoms with Crippen LogP contribution in [0.15, 0.2) is 79.3 Å². The van der Waals surface area contributed by atoms with E-state index in [-0.39, 0.29) is 11.7 Å². The van der Waals surface area contributed by atoms with Gasteiger partial charge in [0.15, 0.2) is 0 Å². The summed E-state index contributed by atoms with van der Waals surface area (Å²) < 4.78 is 16.7. The van der Waals surface area contributed by atoms with Gasteiger partial charge in [-0.2, -0.15) is 10.2 Å². The molecule has 0 bridgehead atoms. The van der Waals surface area contributed by atoms with Crippen molar-refractivity contribution in [2.75, 3.05) is 5.32 Å². The fraction of sp³-hybridized carbons (Fsp3) is 0.0870. The highest BCUT2D eigenvalue weighted by Gasteiger charge is 2.09. The molecule has 2 heterocycles. The summed E-state index contributed by atoms with van der Waals surface area (Å²) >= 11 is 0. The maximum atomic E-state index is 13.2. The first-order chi connectivity index (χ1) is 14.6. The number of hydrogen-bond acceptors (Lipinski definition) is 3. The number of aromatic nitrogens is 4. The Kier molecular flexibility index (Phi) is 5.52. The molecule has 0 fully saturated rings. The Bertz CT molecular complexity index is 1160. The number of nitrogens with one attached hydrogen (secondary N) is 1. The smallest absolute Gasteiger partial charge is 0.248 e. The zero-order chi connectivity index (χ0) is 20.9. The Labute approximate surface area is 173 Å². The van der Waals surface area contributed by atoms with Gasteiger partial charge in [-0.25, -0.2) is 4.39 Å². The average Bonchev–Trinajstić information content (AvgIpc) is 3.38. The largest absolute Gasteiger partial charge is 0.323 e. The Morgan fingerprint density at radius 1 is 1.10 bits per heavy atom. The van der Waals surface area contributed by atoms with Gasteiger partial charge in [0.05, 0.1) is 18.4 Å². The lowest BCUT2D eigenvalue weighted by atomic mass is 10.1. The number of aryl methyl sites for hydroxylation is 1. The summed E-state index contributed by atoms with van der Waals surface area (Å²) in [5.41, 5.74) is 4.20. The van der Waals surface area contributed by atoms with E-state index in [1.807, 2.05) is 41.2 Å². The molecule has 30 heavy (non-hydrogen) atoms. The van der Waals surface area contributed by atoms with Crippen LogP contribution in [-0.4, -0.2) is 25.5 Å². The Morgan fingerprint density at radius 2 is 1.87 bits per heavy atom. The molecule has 1 N–H and O–H groups in total. The molecule has 0 spiro atoms. The number of benzene rings is 2. The molecule has 1 amide bonds. The van der Waals surface area contributed by atoms with Crippen molar-refractivity contribution in [3.8, 4) is 11.3 Å². The van der Waals surface area contributed by atoms with Crippen LogP contribution >= 0.6 is 0 Å². The standard InChI is InChI=1S/C23H20FN5O/c1-28-23(18-5-8-20(24)9-6-18)19(15-26-28)7-12-22(30)27-21-10-3-17(4-11-21)16-29-14-2-13-25-29/h2-15H,16H2,1H3,(H,27,30). The molecule has 0 radical (unpaired) electrons. The predicted molar refractivity (Wildman–Crippen MR) is 114 cm³/mol. The molecule has 150 valence electrons. The van der Waals surface area contributed by atoms with E-state index >= 15 is 0 Å². The number of carbonyl (C=O) groups excluding carboxylic acids is 1. The summed E-state index contributed by atoms with van der Waals surface area (Å²) in [5.74, 6) is -0.545. The molecule has 0 aliphatic carbocycles. The Morgan fingerprint density at radius 3 is 2.57 bits per heavy atom. The van der Waals surface area contributed by atoms with Gasteiger partial charge in [-0.3, -0.25) is 14.2 Å². The van der Waals surface area contributed by atoms with Crippen LogP contribution in [0.1, 0.15) is 11.1 Å². The van der Waals surface area contributed by atoms with Crippen molar-refractivity contribution in [3.63, 3.8) is 0 Å². The molecule has 4 aromatic rings. The van der Waals surface area contributed by atoms with E-state index in [1.54, 1.807) is 42.3 Å². The fourth-order valence-corrected chi connectivity index (χ4v) is 3.16. The third-order valence-corrected chi connectivity index (χ3v) is 4.62. The lowest BCUT2D eigenvalue weighted by Crippen LogP contribution is -2.08. The summed E-state index contributed by atoms with van der Waals surface area (Å²) in [7, 11) is 1.81. The number of hydrogen-bond donors (Lipinski definition) is 1. The van der Waals surface area contributed by atoms with Crippen LogP contribution in [0.3, 0.4) is 0 Å². The van der Waals surface area contributed by atoms with Crippen LogP contribution in [0.2, 0.25) is 0 Å². The highest BCUT2D eigenvalue weighted by atomic mass is 19.1. The second kappa shape index (κ2) is 8.57. The van der Waals surface area contributed by atoms with E-state index in [9.17, 15) is 9.18 Å². The van der Waals surface area contributed by atoms with E-state index in [1.165, 1.54) is 18.2 Å². The van der Waals surface area contributed by atoms with Crippen molar-refractivity contribution in [3.05, 3.63) is 96.2 Å². The van der Waals surface area contributed by atoms with Crippen molar-refractivity contribution < 1.29 is 9.18 Å². The van der Waals surface area contributed by atoms with E-state index in [2.05, 4.69) is 15.5 Å². The predicted octanol–water partition coefficient (Wildman–Crippen LogP) is 4.12. The molecule has 0 saturated heterocycles. The molecule has 0 aliphatic heterocycles. The zero-order valence-electron chi connectivity index (χ0n) is 16.4. The first kappa shape index (κ1) is 19.3. The minimum atomic E-state index is -0.298. The van der Waals surface area contributed by atoms with E-state index in [0.717, 1.165) is 22.4 Å². The Balaban J connectivity index is 1.42. The molecule has 2 aromatic carbocycles. The van der Waals surface area contributed by atoms with Gasteiger partial charge in [0.25, 0.3) is 0 Å². The van der Waals surface area contributed by atoms with Crippen molar-refractivity contribution in [2.24, 2.45) is 7.05 Å². The summed E-state index contributed by atoms with van der Waals surface area (Å²) in [6.07, 6.45) is 8.48. The minimum absolute atomic E-state index is 0.247. The van der Waals surface area contributed by atoms with Gasteiger partial charge in [0, 0.05) is 42.3 Å². The number of amides is 1. The zero-order valence-corrected chi connectivity index (χ0v) is 16.4. The van der Waals surface area contributed by atoms with Crippen molar-refractivity contribution in [2.45, 2.75) is 6.54 Å². The van der Waals surface area contributed by atoms with Crippen molar-refractivity contribution >= 4 is 17.7 Å². The second-order valence-electron chi connectivity index (χ2n) is 6.80. The number of carbonyl (C=O) groups is 1. The number of halogens is 1. The molecular weight excluding hydrogens is 381 g/mol. The van der Waals surface area contributed by atoms with Gasteiger partial charge in [-0.05, 0) is 54.1 Å². The van der Waals surface area contributed by atoms with Gasteiger partial charge in [-0.1, -0.05) is 12.1 Å². The van der Waals surface area contributed by atoms with Crippen LogP contribution in [0.25, 0.3) is 17.3 Å². The van der Waals surface area contributed by atoms with E-state index in [0.29, 0.717) is 12.2 Å². The van der Waals surface area contributed by atoms with Gasteiger partial charge >= 0.3 is 0 Å². The van der Waals surface area contributed by atoms with Crippen LogP contribution < -0.4 is 5.32 Å². The van der Waals surface area contributed by atoms with Crippen LogP contribution in [0, 0.1) is 5.82 Å². The lowest BCUT2D eigenvalue weighted by Gasteiger charge is -2.06. The number of nitrogens with zero attached hydrogens (tertiary/aromatic N) is 4. The summed E-state index contributed by atoms with van der Waals surface area (Å²) in [6, 6.07) is 15.7. The maximum Gasteiger partial charge on any atom is 0.248 e. The second-order valence-corrected chi connectivity index (χ2v) is 6.80. The van der Waals surface area contributed by atoms with Gasteiger partial charge < -0.3 is 5.32 Å². The monoisotopic (exact) mass is 401 g/mol. The normalized spacial score (nSPS) is 11.1. The lowest BCUT2D eigenvalue weighted by molar-refractivity contribution is -0.111. The molecular formula is C23H20FN5O. The third kappa shape index (κ3) is 4.52. The Hall–Kier alpha value is -4.00. The first-order valence-electron chi connectivity index (χ1n) is 9.42. The van der Waals surface area contributed by atoms with Crippen molar-refractivity contribution in [1.29, 1.82) is 0 Å². The summed E-state index contributed by atoms with van der Waals surface area (Å²) in [6.45, 7) is 0.675. The van der Waals surface area contributed by atoms with Crippen LogP contribution in [0.5, 0.6) is 0 Å². The van der Waals surface area contributed by atoms with Gasteiger partial charge in [0.2, 0.25) is 5.91 Å². The van der Waals surface area contributed by atoms with Crippen LogP contribution in [-0.2, 0) is 18.4 Å². The average molecular weight is 401 g/mol. The number of anilines is 1. The molecule has 0 unspecified atom stereocenters. The van der Waals surface area contributed by atoms with Gasteiger partial charge in [0.1, 0.15) is 5.82 Å². The molecule has 2 aromatic heterocycles. The maximum absolute atomic E-state index is 13.2. The van der Waals surface area contributed by atoms with Gasteiger partial charge in [-0.15, -0.1) is 0 Å². The minimum Gasteiger partial charge on any atom is -0.323 e. The number of rotatable bonds is 6. The molecule has 0 saturated carbocycles. The first-order valence-corrected chi connectivity index (χ1v) is 9.42. The molecule has 7 heteroatoms. The fourth-order valence-electron chi connectivity index (χ4n) is 3.16. The SMILES string of the molecule is Cn1ncc(C=CC(=O)Nc2ccc(Cn3cccn3)cc2)c1-c1ccc(F)cc1. The molecule has 4 rings (SSSR count).